The molecular weight excluding hydrogens is 483 g/mol. The topological polar surface area (TPSA) is 45.2 Å². The fourth-order valence-electron chi connectivity index (χ4n) is 5.76. The number of carbonyl (C=O) groups excluding carboxylic acids is 1. The van der Waals surface area contributed by atoms with E-state index in [1.807, 2.05) is 12.1 Å². The van der Waals surface area contributed by atoms with Gasteiger partial charge in [-0.1, -0.05) is 11.6 Å². The second-order valence-electron chi connectivity index (χ2n) is 10.8. The van der Waals surface area contributed by atoms with E-state index >= 15 is 0 Å². The van der Waals surface area contributed by atoms with Crippen LogP contribution < -0.4 is 4.90 Å². The number of alkyl halides is 3. The molecule has 1 amide bonds. The van der Waals surface area contributed by atoms with Gasteiger partial charge in [-0.15, -0.1) is 0 Å². The molecule has 0 N–H and O–H groups in total. The quantitative estimate of drug-likeness (QED) is 0.540. The maximum atomic E-state index is 12.8. The molecule has 1 atom stereocenters. The van der Waals surface area contributed by atoms with Crippen molar-refractivity contribution >= 4 is 23.4 Å². The van der Waals surface area contributed by atoms with Crippen molar-refractivity contribution < 1.29 is 27.4 Å². The van der Waals surface area contributed by atoms with E-state index in [4.69, 9.17) is 16.3 Å². The van der Waals surface area contributed by atoms with Gasteiger partial charge in [0, 0.05) is 55.5 Å². The predicted octanol–water partition coefficient (Wildman–Crippen LogP) is 5.33. The van der Waals surface area contributed by atoms with Crippen LogP contribution in [0.3, 0.4) is 0 Å². The standard InChI is InChI=1S/C25H35ClF3N3O3/c1-18(25(27,28)29)35-22(33)31-8-6-24(7-9-31)16-23(2,3)32(17-24)15-19-14-20(26)4-5-21(19)30-10-12-34-13-11-30/h4-5,14,18H,6-13,15-17H2,1-3H3. The first-order chi connectivity index (χ1) is 16.4. The molecule has 0 aliphatic carbocycles. The number of piperidine rings is 1. The van der Waals surface area contributed by atoms with Crippen molar-refractivity contribution in [2.24, 2.45) is 5.41 Å². The van der Waals surface area contributed by atoms with Crippen LogP contribution in [0.2, 0.25) is 5.02 Å². The van der Waals surface area contributed by atoms with Gasteiger partial charge in [0.1, 0.15) is 0 Å². The van der Waals surface area contributed by atoms with Gasteiger partial charge < -0.3 is 19.3 Å². The van der Waals surface area contributed by atoms with Gasteiger partial charge in [0.15, 0.2) is 6.10 Å². The summed E-state index contributed by atoms with van der Waals surface area (Å²) in [6, 6.07) is 6.07. The third-order valence-electron chi connectivity index (χ3n) is 7.77. The Hall–Kier alpha value is -1.71. The zero-order valence-corrected chi connectivity index (χ0v) is 21.4. The lowest BCUT2D eigenvalue weighted by Crippen LogP contribution is -2.46. The van der Waals surface area contributed by atoms with E-state index in [2.05, 4.69) is 34.5 Å². The van der Waals surface area contributed by atoms with Crippen LogP contribution in [0.4, 0.5) is 23.7 Å². The molecule has 0 saturated carbocycles. The second kappa shape index (κ2) is 9.98. The van der Waals surface area contributed by atoms with Crippen molar-refractivity contribution in [2.45, 2.75) is 64.4 Å². The molecule has 3 aliphatic rings. The highest BCUT2D eigenvalue weighted by Gasteiger charge is 2.50. The predicted molar refractivity (Wildman–Crippen MR) is 129 cm³/mol. The lowest BCUT2D eigenvalue weighted by molar-refractivity contribution is -0.200. The lowest BCUT2D eigenvalue weighted by Gasteiger charge is -2.39. The number of halogens is 4. The van der Waals surface area contributed by atoms with E-state index in [0.29, 0.717) is 31.3 Å². The minimum absolute atomic E-state index is 0.0215. The number of hydrogen-bond donors (Lipinski definition) is 0. The summed E-state index contributed by atoms with van der Waals surface area (Å²) in [6.45, 7) is 10.9. The Morgan fingerprint density at radius 2 is 1.83 bits per heavy atom. The van der Waals surface area contributed by atoms with Crippen LogP contribution in [0.15, 0.2) is 18.2 Å². The monoisotopic (exact) mass is 517 g/mol. The first-order valence-electron chi connectivity index (χ1n) is 12.3. The van der Waals surface area contributed by atoms with Gasteiger partial charge in [-0.2, -0.15) is 13.2 Å². The van der Waals surface area contributed by atoms with Crippen LogP contribution in [0.1, 0.15) is 45.6 Å². The Labute approximate surface area is 210 Å². The molecule has 35 heavy (non-hydrogen) atoms. The third kappa shape index (κ3) is 6.00. The lowest BCUT2D eigenvalue weighted by atomic mass is 9.74. The van der Waals surface area contributed by atoms with Gasteiger partial charge in [-0.05, 0) is 69.2 Å². The molecule has 0 radical (unpaired) electrons. The SMILES string of the molecule is CC(OC(=O)N1CCC2(CC1)CN(Cc1cc(Cl)ccc1N1CCOCC1)C(C)(C)C2)C(F)(F)F. The minimum Gasteiger partial charge on any atom is -0.437 e. The number of morpholine rings is 1. The number of nitrogens with zero attached hydrogens (tertiary/aromatic N) is 3. The second-order valence-corrected chi connectivity index (χ2v) is 11.2. The number of carbonyl (C=O) groups is 1. The Kier molecular flexibility index (Phi) is 7.51. The number of ether oxygens (including phenoxy) is 2. The number of rotatable bonds is 4. The fourth-order valence-corrected chi connectivity index (χ4v) is 5.96. The summed E-state index contributed by atoms with van der Waals surface area (Å²) in [5, 5.41) is 0.712. The molecule has 196 valence electrons. The van der Waals surface area contributed by atoms with Crippen molar-refractivity contribution in [3.05, 3.63) is 28.8 Å². The molecule has 3 heterocycles. The summed E-state index contributed by atoms with van der Waals surface area (Å²) in [5.74, 6) is 0. The molecule has 1 aromatic rings. The maximum absolute atomic E-state index is 12.8. The van der Waals surface area contributed by atoms with E-state index < -0.39 is 18.4 Å². The smallest absolute Gasteiger partial charge is 0.425 e. The molecule has 4 rings (SSSR count). The Morgan fingerprint density at radius 3 is 2.46 bits per heavy atom. The van der Waals surface area contributed by atoms with Gasteiger partial charge in [-0.25, -0.2) is 4.79 Å². The van der Waals surface area contributed by atoms with Crippen molar-refractivity contribution in [1.29, 1.82) is 0 Å². The van der Waals surface area contributed by atoms with Gasteiger partial charge in [-0.3, -0.25) is 4.90 Å². The number of anilines is 1. The van der Waals surface area contributed by atoms with Gasteiger partial charge in [0.2, 0.25) is 0 Å². The Bertz CT molecular complexity index is 913. The first-order valence-corrected chi connectivity index (χ1v) is 12.6. The van der Waals surface area contributed by atoms with E-state index in [1.54, 1.807) is 0 Å². The number of likely N-dealkylation sites (tertiary alicyclic amines) is 2. The van der Waals surface area contributed by atoms with Crippen molar-refractivity contribution in [2.75, 3.05) is 50.8 Å². The molecule has 1 spiro atoms. The number of hydrogen-bond acceptors (Lipinski definition) is 5. The zero-order valence-electron chi connectivity index (χ0n) is 20.7. The van der Waals surface area contributed by atoms with Crippen LogP contribution >= 0.6 is 11.6 Å². The van der Waals surface area contributed by atoms with Crippen molar-refractivity contribution in [3.63, 3.8) is 0 Å². The van der Waals surface area contributed by atoms with Crippen molar-refractivity contribution in [3.8, 4) is 0 Å². The summed E-state index contributed by atoms with van der Waals surface area (Å²) in [6.07, 6.45) is -5.08. The van der Waals surface area contributed by atoms with Gasteiger partial charge in [0.05, 0.1) is 13.2 Å². The van der Waals surface area contributed by atoms with Crippen LogP contribution in [-0.4, -0.2) is 79.6 Å². The molecule has 3 aliphatic heterocycles. The van der Waals surface area contributed by atoms with Crippen LogP contribution in [0.25, 0.3) is 0 Å². The van der Waals surface area contributed by atoms with Gasteiger partial charge in [0.25, 0.3) is 0 Å². The summed E-state index contributed by atoms with van der Waals surface area (Å²) < 4.78 is 48.5. The van der Waals surface area contributed by atoms with Crippen molar-refractivity contribution in [1.82, 2.24) is 9.80 Å². The van der Waals surface area contributed by atoms with E-state index in [-0.39, 0.29) is 11.0 Å². The fraction of sp³-hybridized carbons (Fsp3) is 0.720. The summed E-state index contributed by atoms with van der Waals surface area (Å²) in [5.41, 5.74) is 2.34. The number of benzene rings is 1. The Balaban J connectivity index is 1.42. The normalized spacial score (nSPS) is 23.5. The third-order valence-corrected chi connectivity index (χ3v) is 8.00. The highest BCUT2D eigenvalue weighted by Crippen LogP contribution is 2.49. The molecule has 3 fully saturated rings. The first kappa shape index (κ1) is 26.4. The molecule has 3 saturated heterocycles. The highest BCUT2D eigenvalue weighted by molar-refractivity contribution is 6.30. The Morgan fingerprint density at radius 1 is 1.17 bits per heavy atom. The summed E-state index contributed by atoms with van der Waals surface area (Å²) >= 11 is 6.38. The average molecular weight is 518 g/mol. The van der Waals surface area contributed by atoms with E-state index in [1.165, 1.54) is 16.2 Å². The average Bonchev–Trinajstić information content (AvgIpc) is 3.03. The number of amides is 1. The minimum atomic E-state index is -4.55. The summed E-state index contributed by atoms with van der Waals surface area (Å²) in [7, 11) is 0. The highest BCUT2D eigenvalue weighted by atomic mass is 35.5. The van der Waals surface area contributed by atoms with Crippen LogP contribution in [0.5, 0.6) is 0 Å². The van der Waals surface area contributed by atoms with E-state index in [9.17, 15) is 18.0 Å². The maximum Gasteiger partial charge on any atom is 0.425 e. The van der Waals surface area contributed by atoms with Crippen LogP contribution in [-0.2, 0) is 16.0 Å². The summed E-state index contributed by atoms with van der Waals surface area (Å²) in [4.78, 5) is 18.5. The van der Waals surface area contributed by atoms with E-state index in [0.717, 1.165) is 52.4 Å². The molecule has 1 aromatic carbocycles. The molecule has 1 unspecified atom stereocenters. The largest absolute Gasteiger partial charge is 0.437 e. The van der Waals surface area contributed by atoms with Gasteiger partial charge >= 0.3 is 12.3 Å². The molecule has 6 nitrogen and oxygen atoms in total. The van der Waals surface area contributed by atoms with Crippen LogP contribution in [0, 0.1) is 5.41 Å². The molecule has 10 heteroatoms. The zero-order chi connectivity index (χ0) is 25.4. The molecule has 0 aromatic heterocycles. The molecule has 0 bridgehead atoms. The molecular formula is C25H35ClF3N3O3.